The summed E-state index contributed by atoms with van der Waals surface area (Å²) in [6.07, 6.45) is 5.32. The molecule has 0 fully saturated rings. The molecule has 1 amide bonds. The maximum Gasteiger partial charge on any atom is 0.260 e. The van der Waals surface area contributed by atoms with E-state index in [0.717, 1.165) is 16.9 Å². The summed E-state index contributed by atoms with van der Waals surface area (Å²) in [5, 5.41) is 6.48. The number of aromatic nitrogens is 3. The van der Waals surface area contributed by atoms with Crippen molar-refractivity contribution in [1.82, 2.24) is 14.5 Å². The Morgan fingerprint density at radius 2 is 2.12 bits per heavy atom. The molecule has 0 aliphatic heterocycles. The molecular formula is C18H14N4O2. The number of carbonyl (C=O) groups excluding carboxylic acids is 1. The Hall–Kier alpha value is -3.41. The largest absolute Gasteiger partial charge is 0.361 e. The lowest BCUT2D eigenvalue weighted by Crippen LogP contribution is -2.12. The molecule has 6 nitrogen and oxygen atoms in total. The third-order valence-corrected chi connectivity index (χ3v) is 3.78. The predicted octanol–water partition coefficient (Wildman–Crippen LogP) is 3.55. The first kappa shape index (κ1) is 14.2. The minimum Gasteiger partial charge on any atom is -0.361 e. The van der Waals surface area contributed by atoms with E-state index >= 15 is 0 Å². The number of carbonyl (C=O) groups is 1. The maximum atomic E-state index is 12.3. The number of nitrogens with one attached hydrogen (secondary N) is 1. The number of rotatable bonds is 3. The molecule has 0 bridgehead atoms. The highest BCUT2D eigenvalue weighted by atomic mass is 16.5. The van der Waals surface area contributed by atoms with Gasteiger partial charge >= 0.3 is 0 Å². The second-order valence-corrected chi connectivity index (χ2v) is 5.42. The summed E-state index contributed by atoms with van der Waals surface area (Å²) in [6.45, 7) is 1.70. The molecule has 118 valence electrons. The van der Waals surface area contributed by atoms with Crippen molar-refractivity contribution < 1.29 is 9.32 Å². The molecule has 0 saturated heterocycles. The Kier molecular flexibility index (Phi) is 3.35. The average molecular weight is 318 g/mol. The molecule has 4 aromatic rings. The number of aryl methyl sites for hydroxylation is 1. The number of hydrogen-bond donors (Lipinski definition) is 1. The fraction of sp³-hybridized carbons (Fsp3) is 0.0556. The van der Waals surface area contributed by atoms with Gasteiger partial charge in [0.05, 0.1) is 11.9 Å². The van der Waals surface area contributed by atoms with Gasteiger partial charge in [-0.15, -0.1) is 0 Å². The summed E-state index contributed by atoms with van der Waals surface area (Å²) in [7, 11) is 0. The lowest BCUT2D eigenvalue weighted by Gasteiger charge is -2.05. The van der Waals surface area contributed by atoms with Crippen molar-refractivity contribution in [2.45, 2.75) is 6.92 Å². The molecule has 1 aromatic carbocycles. The molecule has 3 heterocycles. The van der Waals surface area contributed by atoms with Crippen molar-refractivity contribution in [1.29, 1.82) is 0 Å². The van der Waals surface area contributed by atoms with Gasteiger partial charge in [-0.05, 0) is 31.2 Å². The minimum absolute atomic E-state index is 0.249. The molecule has 6 heteroatoms. The van der Waals surface area contributed by atoms with Gasteiger partial charge in [-0.1, -0.05) is 23.4 Å². The van der Waals surface area contributed by atoms with Crippen LogP contribution in [-0.4, -0.2) is 20.4 Å². The van der Waals surface area contributed by atoms with Crippen LogP contribution < -0.4 is 5.32 Å². The smallest absolute Gasteiger partial charge is 0.260 e. The first-order chi connectivity index (χ1) is 11.7. The highest BCUT2D eigenvalue weighted by Crippen LogP contribution is 2.23. The molecule has 1 N–H and O–H groups in total. The zero-order valence-electron chi connectivity index (χ0n) is 12.9. The first-order valence-corrected chi connectivity index (χ1v) is 7.47. The van der Waals surface area contributed by atoms with Crippen molar-refractivity contribution in [3.63, 3.8) is 0 Å². The number of amides is 1. The van der Waals surface area contributed by atoms with Gasteiger partial charge in [-0.3, -0.25) is 4.79 Å². The number of nitrogens with zero attached hydrogens (tertiary/aromatic N) is 3. The summed E-state index contributed by atoms with van der Waals surface area (Å²) in [6, 6.07) is 13.4. The van der Waals surface area contributed by atoms with Gasteiger partial charge in [-0.2, -0.15) is 0 Å². The number of benzene rings is 1. The van der Waals surface area contributed by atoms with Crippen molar-refractivity contribution in [3.05, 3.63) is 72.4 Å². The molecule has 0 spiro atoms. The highest BCUT2D eigenvalue weighted by Gasteiger charge is 2.13. The van der Waals surface area contributed by atoms with E-state index < -0.39 is 0 Å². The van der Waals surface area contributed by atoms with E-state index in [-0.39, 0.29) is 5.91 Å². The van der Waals surface area contributed by atoms with E-state index in [1.807, 2.05) is 59.3 Å². The summed E-state index contributed by atoms with van der Waals surface area (Å²) in [4.78, 5) is 16.8. The summed E-state index contributed by atoms with van der Waals surface area (Å²) >= 11 is 0. The molecule has 3 aromatic heterocycles. The Morgan fingerprint density at radius 3 is 2.92 bits per heavy atom. The van der Waals surface area contributed by atoms with E-state index in [1.165, 1.54) is 6.20 Å². The van der Waals surface area contributed by atoms with Crippen LogP contribution in [0.4, 0.5) is 5.69 Å². The summed E-state index contributed by atoms with van der Waals surface area (Å²) in [5.41, 5.74) is 3.77. The third-order valence-electron chi connectivity index (χ3n) is 3.78. The van der Waals surface area contributed by atoms with Gasteiger partial charge in [0, 0.05) is 23.6 Å². The zero-order chi connectivity index (χ0) is 16.5. The van der Waals surface area contributed by atoms with Gasteiger partial charge in [0.2, 0.25) is 0 Å². The Morgan fingerprint density at radius 1 is 1.21 bits per heavy atom. The topological polar surface area (TPSA) is 72.4 Å². The van der Waals surface area contributed by atoms with Crippen molar-refractivity contribution in [3.8, 4) is 11.3 Å². The number of imidazole rings is 1. The number of pyridine rings is 1. The van der Waals surface area contributed by atoms with Crippen LogP contribution in [0, 0.1) is 6.92 Å². The quantitative estimate of drug-likeness (QED) is 0.627. The molecule has 4 rings (SSSR count). The van der Waals surface area contributed by atoms with Crippen molar-refractivity contribution >= 4 is 17.2 Å². The number of anilines is 1. The standard InChI is InChI=1S/C18H14N4O2/c1-12-15(10-19-24-12)18(23)20-14-6-4-5-13(9-14)16-11-22-8-3-2-7-17(22)21-16/h2-11H,1H3,(H,20,23). The molecule has 0 aliphatic rings. The number of fused-ring (bicyclic) bond motifs is 1. The van der Waals surface area contributed by atoms with Gasteiger partial charge in [-0.25, -0.2) is 4.98 Å². The molecule has 0 unspecified atom stereocenters. The van der Waals surface area contributed by atoms with Crippen molar-refractivity contribution in [2.75, 3.05) is 5.32 Å². The summed E-state index contributed by atoms with van der Waals surface area (Å²) < 4.78 is 6.89. The van der Waals surface area contributed by atoms with Gasteiger partial charge in [0.25, 0.3) is 5.91 Å². The average Bonchev–Trinajstić information content (AvgIpc) is 3.21. The van der Waals surface area contributed by atoms with Crippen LogP contribution in [0.2, 0.25) is 0 Å². The lowest BCUT2D eigenvalue weighted by atomic mass is 10.1. The first-order valence-electron chi connectivity index (χ1n) is 7.47. The van der Waals surface area contributed by atoms with Crippen LogP contribution >= 0.6 is 0 Å². The molecule has 0 atom stereocenters. The van der Waals surface area contributed by atoms with E-state index in [0.29, 0.717) is 17.0 Å². The summed E-state index contributed by atoms with van der Waals surface area (Å²) in [5.74, 6) is 0.241. The lowest BCUT2D eigenvalue weighted by molar-refractivity contribution is 0.102. The predicted molar refractivity (Wildman–Crippen MR) is 89.8 cm³/mol. The number of hydrogen-bond acceptors (Lipinski definition) is 4. The van der Waals surface area contributed by atoms with Crippen LogP contribution in [-0.2, 0) is 0 Å². The normalized spacial score (nSPS) is 10.9. The van der Waals surface area contributed by atoms with E-state index in [9.17, 15) is 4.79 Å². The van der Waals surface area contributed by atoms with E-state index in [4.69, 9.17) is 4.52 Å². The van der Waals surface area contributed by atoms with Gasteiger partial charge < -0.3 is 14.2 Å². The third kappa shape index (κ3) is 2.54. The van der Waals surface area contributed by atoms with E-state index in [1.54, 1.807) is 6.92 Å². The van der Waals surface area contributed by atoms with Crippen LogP contribution in [0.25, 0.3) is 16.9 Å². The molecular weight excluding hydrogens is 304 g/mol. The Balaban J connectivity index is 1.64. The second-order valence-electron chi connectivity index (χ2n) is 5.42. The SMILES string of the molecule is Cc1oncc1C(=O)Nc1cccc(-c2cn3ccccc3n2)c1. The fourth-order valence-corrected chi connectivity index (χ4v) is 2.55. The Bertz CT molecular complexity index is 999. The second kappa shape index (κ2) is 5.66. The van der Waals surface area contributed by atoms with Crippen LogP contribution in [0.15, 0.2) is 65.6 Å². The monoisotopic (exact) mass is 318 g/mol. The Labute approximate surface area is 137 Å². The molecule has 0 radical (unpaired) electrons. The maximum absolute atomic E-state index is 12.3. The fourth-order valence-electron chi connectivity index (χ4n) is 2.55. The van der Waals surface area contributed by atoms with Crippen LogP contribution in [0.3, 0.4) is 0 Å². The van der Waals surface area contributed by atoms with Crippen LogP contribution in [0.1, 0.15) is 16.1 Å². The molecule has 0 aliphatic carbocycles. The van der Waals surface area contributed by atoms with Crippen molar-refractivity contribution in [2.24, 2.45) is 0 Å². The highest BCUT2D eigenvalue weighted by molar-refractivity contribution is 6.04. The minimum atomic E-state index is -0.249. The molecule has 0 saturated carbocycles. The van der Waals surface area contributed by atoms with Gasteiger partial charge in [0.1, 0.15) is 17.0 Å². The van der Waals surface area contributed by atoms with Crippen LogP contribution in [0.5, 0.6) is 0 Å². The van der Waals surface area contributed by atoms with Gasteiger partial charge in [0.15, 0.2) is 0 Å². The zero-order valence-corrected chi connectivity index (χ0v) is 12.9. The molecule has 24 heavy (non-hydrogen) atoms. The van der Waals surface area contributed by atoms with E-state index in [2.05, 4.69) is 15.5 Å².